The third kappa shape index (κ3) is 11.4. The van der Waals surface area contributed by atoms with Crippen LogP contribution in [0.15, 0.2) is 140 Å². The van der Waals surface area contributed by atoms with E-state index in [1.54, 1.807) is 0 Å². The molecule has 5 aromatic rings. The van der Waals surface area contributed by atoms with Crippen LogP contribution in [0.3, 0.4) is 0 Å². The maximum absolute atomic E-state index is 15.5. The van der Waals surface area contributed by atoms with E-state index in [9.17, 15) is 113 Å². The van der Waals surface area contributed by atoms with Crippen LogP contribution in [0.2, 0.25) is 0 Å². The van der Waals surface area contributed by atoms with Crippen molar-refractivity contribution < 1.29 is 139 Å². The number of halogens is 22. The van der Waals surface area contributed by atoms with Gasteiger partial charge in [-0.05, 0) is 100 Å². The molecule has 0 spiro atoms. The maximum atomic E-state index is 15.5. The number of hydrogen-bond donors (Lipinski definition) is 0. The van der Waals surface area contributed by atoms with Gasteiger partial charge in [0.15, 0.2) is 0 Å². The Bertz CT molecular complexity index is 3180. The zero-order valence-corrected chi connectivity index (χ0v) is 39.4. The van der Waals surface area contributed by atoms with Crippen molar-refractivity contribution in [2.45, 2.75) is 72.0 Å². The fraction of sp³-hybridized carbons (Fsp3) is 0.211. The van der Waals surface area contributed by atoms with Gasteiger partial charge >= 0.3 is 87.8 Å². The van der Waals surface area contributed by atoms with Gasteiger partial charge < -0.3 is 8.37 Å². The Morgan fingerprint density at radius 2 is 0.566 bits per heavy atom. The van der Waals surface area contributed by atoms with E-state index in [2.05, 4.69) is 8.37 Å². The van der Waals surface area contributed by atoms with E-state index in [0.29, 0.717) is 12.1 Å². The van der Waals surface area contributed by atoms with E-state index in [-0.39, 0.29) is 60.7 Å². The summed E-state index contributed by atoms with van der Waals surface area (Å²) >= 11 is 0. The van der Waals surface area contributed by atoms with Crippen molar-refractivity contribution in [1.29, 1.82) is 0 Å². The molecule has 0 fully saturated rings. The highest BCUT2D eigenvalue weighted by atomic mass is 32.4. The third-order valence-corrected chi connectivity index (χ3v) is 21.5. The second-order valence-electron chi connectivity index (χ2n) is 14.6. The van der Waals surface area contributed by atoms with E-state index in [4.69, 9.17) is 0 Å². The molecule has 0 unspecified atom stereocenters. The smallest absolute Gasteiger partial charge is 0.379 e. The standard InChI is InChI=1S/C38H19F22NO10S5/c39-31(40,41)20-14-21(32(42,43)44)17-29(16-20)73(62,63)70-24-6-10-27(11-7-24)72(26-4-2-1-3-5-26,61(75(66,67)37(57,58)35(51,52)53)76(68,69)38(59,60)36(54,55)56)28-12-8-25(9-13-28)71-74(64,65)30-18-22(33(45,46)47)15-23(19-30)34(48,49)50/h1-19H. The number of hydrogen-bond acceptors (Lipinski definition) is 10. The Morgan fingerprint density at radius 3 is 0.803 bits per heavy atom. The van der Waals surface area contributed by atoms with Crippen molar-refractivity contribution in [1.82, 2.24) is 3.12 Å². The van der Waals surface area contributed by atoms with Crippen molar-refractivity contribution >= 4 is 50.5 Å². The Morgan fingerprint density at radius 1 is 0.316 bits per heavy atom. The Hall–Kier alpha value is -5.73. The fourth-order valence-electron chi connectivity index (χ4n) is 6.06. The van der Waals surface area contributed by atoms with Crippen LogP contribution < -0.4 is 8.37 Å². The predicted octanol–water partition coefficient (Wildman–Crippen LogP) is 12.8. The van der Waals surface area contributed by atoms with Crippen LogP contribution in [-0.2, 0) is 65.0 Å². The lowest BCUT2D eigenvalue weighted by Crippen LogP contribution is -2.59. The lowest BCUT2D eigenvalue weighted by Gasteiger charge is -2.48. The van der Waals surface area contributed by atoms with Gasteiger partial charge in [0, 0.05) is 14.7 Å². The zero-order chi connectivity index (χ0) is 58.3. The summed E-state index contributed by atoms with van der Waals surface area (Å²) in [6.45, 7) is 0. The van der Waals surface area contributed by atoms with Gasteiger partial charge in [-0.15, -0.1) is 0 Å². The molecule has 5 rings (SSSR count). The van der Waals surface area contributed by atoms with Crippen LogP contribution in [0.4, 0.5) is 96.6 Å². The highest BCUT2D eigenvalue weighted by molar-refractivity contribution is 8.41. The summed E-state index contributed by atoms with van der Waals surface area (Å²) in [5, 5.41) is -15.6. The molecule has 0 aromatic heterocycles. The molecule has 420 valence electrons. The third-order valence-electron chi connectivity index (χ3n) is 9.45. The molecule has 0 amide bonds. The monoisotopic (exact) mass is 1230 g/mol. The first-order chi connectivity index (χ1) is 34.0. The molecule has 5 aromatic carbocycles. The lowest BCUT2D eigenvalue weighted by atomic mass is 10.1. The molecule has 0 aliphatic carbocycles. The minimum absolute atomic E-state index is 0.0224. The van der Waals surface area contributed by atoms with Crippen LogP contribution in [0.25, 0.3) is 0 Å². The van der Waals surface area contributed by atoms with Crippen LogP contribution in [0, 0.1) is 0 Å². The minimum Gasteiger partial charge on any atom is -0.379 e. The van der Waals surface area contributed by atoms with Crippen LogP contribution >= 0.6 is 10.2 Å². The first-order valence-corrected chi connectivity index (χ1v) is 26.0. The summed E-state index contributed by atoms with van der Waals surface area (Å²) in [5.41, 5.74) is -9.15. The molecule has 0 aliphatic rings. The summed E-state index contributed by atoms with van der Waals surface area (Å²) in [7, 11) is -36.1. The topological polar surface area (TPSA) is 158 Å². The Balaban J connectivity index is 1.90. The van der Waals surface area contributed by atoms with Crippen LogP contribution in [-0.4, -0.2) is 59.6 Å². The van der Waals surface area contributed by atoms with E-state index in [0.717, 1.165) is 6.07 Å². The van der Waals surface area contributed by atoms with Crippen molar-refractivity contribution in [3.63, 3.8) is 0 Å². The number of nitrogens with zero attached hydrogens (tertiary/aromatic N) is 1. The average molecular weight is 1230 g/mol. The van der Waals surface area contributed by atoms with Gasteiger partial charge in [0.1, 0.15) is 21.3 Å². The number of alkyl halides is 22. The molecule has 0 N–H and O–H groups in total. The van der Waals surface area contributed by atoms with Gasteiger partial charge in [-0.2, -0.15) is 113 Å². The summed E-state index contributed by atoms with van der Waals surface area (Å²) in [4.78, 5) is -8.92. The molecule has 38 heteroatoms. The molecule has 0 saturated heterocycles. The van der Waals surface area contributed by atoms with Crippen LogP contribution in [0.5, 0.6) is 11.5 Å². The lowest BCUT2D eigenvalue weighted by molar-refractivity contribution is -0.243. The van der Waals surface area contributed by atoms with E-state index in [1.807, 2.05) is 0 Å². The van der Waals surface area contributed by atoms with Gasteiger partial charge in [0.2, 0.25) is 0 Å². The van der Waals surface area contributed by atoms with Gasteiger partial charge in [-0.1, -0.05) is 28.4 Å². The van der Waals surface area contributed by atoms with Gasteiger partial charge in [-0.25, -0.2) is 16.8 Å². The van der Waals surface area contributed by atoms with E-state index >= 15 is 17.6 Å². The Labute approximate surface area is 412 Å². The molecule has 0 radical (unpaired) electrons. The van der Waals surface area contributed by atoms with E-state index < -0.39 is 196 Å². The molecule has 0 atom stereocenters. The highest BCUT2D eigenvalue weighted by Crippen LogP contribution is 2.75. The highest BCUT2D eigenvalue weighted by Gasteiger charge is 2.79. The summed E-state index contributed by atoms with van der Waals surface area (Å²) < 4.78 is 424. The van der Waals surface area contributed by atoms with E-state index in [1.165, 1.54) is 0 Å². The fourth-order valence-corrected chi connectivity index (χ4v) is 18.0. The maximum Gasteiger partial charge on any atom is 0.471 e. The molecular weight excluding hydrogens is 1210 g/mol. The van der Waals surface area contributed by atoms with Crippen LogP contribution in [0.1, 0.15) is 22.3 Å². The molecule has 0 bridgehead atoms. The molecule has 0 heterocycles. The van der Waals surface area contributed by atoms with Crippen molar-refractivity contribution in [2.24, 2.45) is 0 Å². The largest absolute Gasteiger partial charge is 0.471 e. The predicted molar refractivity (Wildman–Crippen MR) is 212 cm³/mol. The SMILES string of the molecule is O=S(=O)(Oc1ccc(S(c2ccccc2)(c2ccc(OS(=O)(=O)c3cc(C(F)(F)F)cc(C(F)(F)F)c3)cc2)N(S(=O)(=O)C(F)(F)C(F)(F)F)S(=O)(=O)C(F)(F)C(F)(F)F)cc1)c1cc(C(F)(F)F)cc(C(F)(F)F)c1. The van der Waals surface area contributed by atoms with Gasteiger partial charge in [0.25, 0.3) is 0 Å². The minimum atomic E-state index is -8.85. The second-order valence-corrected chi connectivity index (χ2v) is 25.0. The quantitative estimate of drug-likeness (QED) is 0.0774. The zero-order valence-electron chi connectivity index (χ0n) is 35.4. The van der Waals surface area contributed by atoms with Gasteiger partial charge in [0.05, 0.1) is 22.3 Å². The molecule has 11 nitrogen and oxygen atoms in total. The first kappa shape index (κ1) is 61.1. The molecule has 0 aliphatic heterocycles. The van der Waals surface area contributed by atoms with Crippen molar-refractivity contribution in [3.8, 4) is 11.5 Å². The number of benzene rings is 5. The molecule has 76 heavy (non-hydrogen) atoms. The van der Waals surface area contributed by atoms with Crippen molar-refractivity contribution in [2.75, 3.05) is 0 Å². The number of sulfonamides is 2. The summed E-state index contributed by atoms with van der Waals surface area (Å²) in [5.74, 6) is -2.93. The summed E-state index contributed by atoms with van der Waals surface area (Å²) in [6, 6.07) is -0.885. The van der Waals surface area contributed by atoms with Gasteiger partial charge in [-0.3, -0.25) is 0 Å². The average Bonchev–Trinajstić information content (AvgIpc) is 3.26. The molecule has 0 saturated carbocycles. The second kappa shape index (κ2) is 19.3. The molecular formula is C38H19F22NO10S5. The Kier molecular flexibility index (Phi) is 15.5. The van der Waals surface area contributed by atoms with Crippen molar-refractivity contribution in [3.05, 3.63) is 138 Å². The summed E-state index contributed by atoms with van der Waals surface area (Å²) in [6.07, 6.45) is -38.3. The first-order valence-electron chi connectivity index (χ1n) is 18.7. The number of rotatable bonds is 14. The normalized spacial score (nSPS) is 14.7.